The Morgan fingerprint density at radius 3 is 1.97 bits per heavy atom. The summed E-state index contributed by atoms with van der Waals surface area (Å²) in [4.78, 5) is 12.6. The maximum Gasteiger partial charge on any atom is 0.416 e. The Morgan fingerprint density at radius 2 is 1.40 bits per heavy atom. The SMILES string of the molecule is O=C(NCC(F)(F)F)NC(Cc1ccccc1)(c1ccc(Br)cc1)c1cc(F)cc(C(F)(F)F)c1. The van der Waals surface area contributed by atoms with Gasteiger partial charge in [-0.05, 0) is 47.0 Å². The second-order valence-corrected chi connectivity index (χ2v) is 8.64. The predicted molar refractivity (Wildman–Crippen MR) is 119 cm³/mol. The standard InChI is InChI=1S/C24H18BrF7N2O/c25-19-8-6-16(7-9-19)22(13-15-4-2-1-3-5-15,34-21(35)33-14-23(27,28)29)17-10-18(24(30,31)32)12-20(26)11-17/h1-12H,13-14H2,(H2,33,34,35). The van der Waals surface area contributed by atoms with Crippen molar-refractivity contribution in [1.29, 1.82) is 0 Å². The summed E-state index contributed by atoms with van der Waals surface area (Å²) < 4.78 is 93.8. The number of carbonyl (C=O) groups excluding carboxylic acids is 1. The molecule has 1 atom stereocenters. The Morgan fingerprint density at radius 1 is 0.800 bits per heavy atom. The van der Waals surface area contributed by atoms with Crippen molar-refractivity contribution in [2.24, 2.45) is 0 Å². The molecule has 3 rings (SSSR count). The van der Waals surface area contributed by atoms with Crippen LogP contribution in [-0.4, -0.2) is 18.8 Å². The molecule has 0 saturated heterocycles. The number of urea groups is 1. The number of alkyl halides is 6. The van der Waals surface area contributed by atoms with E-state index in [0.29, 0.717) is 22.2 Å². The van der Waals surface area contributed by atoms with Gasteiger partial charge in [-0.25, -0.2) is 9.18 Å². The van der Waals surface area contributed by atoms with E-state index in [-0.39, 0.29) is 17.5 Å². The zero-order valence-corrected chi connectivity index (χ0v) is 19.4. The first-order chi connectivity index (χ1) is 16.3. The van der Waals surface area contributed by atoms with Crippen LogP contribution in [0.4, 0.5) is 35.5 Å². The molecule has 0 saturated carbocycles. The molecular formula is C24H18BrF7N2O. The van der Waals surface area contributed by atoms with Gasteiger partial charge in [-0.15, -0.1) is 0 Å². The number of halogens is 8. The van der Waals surface area contributed by atoms with E-state index in [2.05, 4.69) is 21.2 Å². The van der Waals surface area contributed by atoms with Gasteiger partial charge < -0.3 is 10.6 Å². The number of carbonyl (C=O) groups is 1. The lowest BCUT2D eigenvalue weighted by molar-refractivity contribution is -0.137. The molecule has 0 aromatic heterocycles. The maximum atomic E-state index is 14.5. The molecule has 3 aromatic carbocycles. The van der Waals surface area contributed by atoms with E-state index in [0.717, 1.165) is 6.07 Å². The molecule has 2 N–H and O–H groups in total. The van der Waals surface area contributed by atoms with Crippen LogP contribution in [0, 0.1) is 5.82 Å². The number of nitrogens with one attached hydrogen (secondary N) is 2. The number of hydrogen-bond donors (Lipinski definition) is 2. The van der Waals surface area contributed by atoms with E-state index in [1.807, 2.05) is 0 Å². The van der Waals surface area contributed by atoms with Crippen molar-refractivity contribution in [3.63, 3.8) is 0 Å². The van der Waals surface area contributed by atoms with Crippen LogP contribution in [0.1, 0.15) is 22.3 Å². The molecule has 0 radical (unpaired) electrons. The Balaban J connectivity index is 2.24. The van der Waals surface area contributed by atoms with Gasteiger partial charge in [0.25, 0.3) is 0 Å². The van der Waals surface area contributed by atoms with E-state index in [4.69, 9.17) is 0 Å². The van der Waals surface area contributed by atoms with Crippen LogP contribution in [0.3, 0.4) is 0 Å². The zero-order valence-electron chi connectivity index (χ0n) is 17.8. The Bertz CT molecular complexity index is 1170. The molecule has 35 heavy (non-hydrogen) atoms. The second-order valence-electron chi connectivity index (χ2n) is 7.72. The molecule has 0 heterocycles. The minimum Gasteiger partial charge on any atom is -0.329 e. The third-order valence-corrected chi connectivity index (χ3v) is 5.67. The van der Waals surface area contributed by atoms with Crippen molar-refractivity contribution in [1.82, 2.24) is 10.6 Å². The third kappa shape index (κ3) is 6.97. The minimum atomic E-state index is -4.91. The van der Waals surface area contributed by atoms with E-state index in [1.165, 1.54) is 12.1 Å². The number of hydrogen-bond acceptors (Lipinski definition) is 1. The molecule has 0 spiro atoms. The highest BCUT2D eigenvalue weighted by Crippen LogP contribution is 2.38. The zero-order chi connectivity index (χ0) is 25.9. The predicted octanol–water partition coefficient (Wildman–Crippen LogP) is 6.95. The first kappa shape index (κ1) is 26.5. The van der Waals surface area contributed by atoms with Gasteiger partial charge in [0.15, 0.2) is 0 Å². The summed E-state index contributed by atoms with van der Waals surface area (Å²) in [6, 6.07) is 14.8. The molecule has 0 fully saturated rings. The van der Waals surface area contributed by atoms with Crippen molar-refractivity contribution in [2.75, 3.05) is 6.54 Å². The van der Waals surface area contributed by atoms with Gasteiger partial charge in [0, 0.05) is 10.9 Å². The van der Waals surface area contributed by atoms with Crippen LogP contribution in [0.15, 0.2) is 77.3 Å². The Labute approximate surface area is 204 Å². The third-order valence-electron chi connectivity index (χ3n) is 5.14. The van der Waals surface area contributed by atoms with Crippen LogP contribution >= 0.6 is 15.9 Å². The van der Waals surface area contributed by atoms with Crippen LogP contribution in [0.25, 0.3) is 0 Å². The molecule has 0 aliphatic heterocycles. The van der Waals surface area contributed by atoms with E-state index in [1.54, 1.807) is 47.8 Å². The summed E-state index contributed by atoms with van der Waals surface area (Å²) in [7, 11) is 0. The van der Waals surface area contributed by atoms with Gasteiger partial charge in [-0.1, -0.05) is 58.4 Å². The lowest BCUT2D eigenvalue weighted by atomic mass is 9.77. The van der Waals surface area contributed by atoms with E-state index in [9.17, 15) is 35.5 Å². The van der Waals surface area contributed by atoms with Gasteiger partial charge >= 0.3 is 18.4 Å². The molecule has 11 heteroatoms. The largest absolute Gasteiger partial charge is 0.416 e. The quantitative estimate of drug-likeness (QED) is 0.313. The van der Waals surface area contributed by atoms with Crippen LogP contribution in [0.2, 0.25) is 0 Å². The average molecular weight is 563 g/mol. The lowest BCUT2D eigenvalue weighted by Crippen LogP contribution is -2.53. The van der Waals surface area contributed by atoms with Crippen molar-refractivity contribution in [3.8, 4) is 0 Å². The molecule has 1 unspecified atom stereocenters. The van der Waals surface area contributed by atoms with E-state index < -0.39 is 41.8 Å². The minimum absolute atomic E-state index is 0.185. The maximum absolute atomic E-state index is 14.5. The molecular weight excluding hydrogens is 545 g/mol. The fourth-order valence-electron chi connectivity index (χ4n) is 3.61. The highest BCUT2D eigenvalue weighted by atomic mass is 79.9. The van der Waals surface area contributed by atoms with Crippen LogP contribution in [0.5, 0.6) is 0 Å². The number of benzene rings is 3. The fourth-order valence-corrected chi connectivity index (χ4v) is 3.88. The van der Waals surface area contributed by atoms with Crippen molar-refractivity contribution in [2.45, 2.75) is 24.3 Å². The first-order valence-electron chi connectivity index (χ1n) is 10.1. The van der Waals surface area contributed by atoms with E-state index >= 15 is 0 Å². The van der Waals surface area contributed by atoms with Crippen LogP contribution < -0.4 is 10.6 Å². The molecule has 0 aliphatic rings. The molecule has 2 amide bonds. The molecule has 0 bridgehead atoms. The summed E-state index contributed by atoms with van der Waals surface area (Å²) in [5.74, 6) is -1.22. The molecule has 3 nitrogen and oxygen atoms in total. The van der Waals surface area contributed by atoms with Crippen molar-refractivity contribution >= 4 is 22.0 Å². The van der Waals surface area contributed by atoms with Crippen molar-refractivity contribution in [3.05, 3.63) is 105 Å². The molecule has 0 aliphatic carbocycles. The Hall–Kier alpha value is -3.08. The van der Waals surface area contributed by atoms with Gasteiger partial charge in [0.1, 0.15) is 12.4 Å². The first-order valence-corrected chi connectivity index (χ1v) is 10.9. The topological polar surface area (TPSA) is 41.1 Å². The summed E-state index contributed by atoms with van der Waals surface area (Å²) in [5, 5.41) is 4.08. The monoisotopic (exact) mass is 562 g/mol. The molecule has 186 valence electrons. The van der Waals surface area contributed by atoms with Gasteiger partial charge in [0.2, 0.25) is 0 Å². The van der Waals surface area contributed by atoms with Gasteiger partial charge in [-0.3, -0.25) is 0 Å². The highest BCUT2D eigenvalue weighted by molar-refractivity contribution is 9.10. The number of rotatable bonds is 6. The summed E-state index contributed by atoms with van der Waals surface area (Å²) in [5.41, 5.74) is -2.70. The second kappa shape index (κ2) is 10.3. The lowest BCUT2D eigenvalue weighted by Gasteiger charge is -2.37. The average Bonchev–Trinajstić information content (AvgIpc) is 2.77. The normalized spacial score (nSPS) is 13.7. The molecule has 3 aromatic rings. The number of amides is 2. The van der Waals surface area contributed by atoms with Crippen LogP contribution in [-0.2, 0) is 18.1 Å². The summed E-state index contributed by atoms with van der Waals surface area (Å²) >= 11 is 3.25. The smallest absolute Gasteiger partial charge is 0.329 e. The Kier molecular flexibility index (Phi) is 7.78. The van der Waals surface area contributed by atoms with Crippen molar-refractivity contribution < 1.29 is 35.5 Å². The fraction of sp³-hybridized carbons (Fsp3) is 0.208. The highest BCUT2D eigenvalue weighted by Gasteiger charge is 2.40. The summed E-state index contributed by atoms with van der Waals surface area (Å²) in [6.07, 6.45) is -9.82. The van der Waals surface area contributed by atoms with Gasteiger partial charge in [-0.2, -0.15) is 26.3 Å². The van der Waals surface area contributed by atoms with Gasteiger partial charge in [0.05, 0.1) is 11.1 Å². The summed E-state index contributed by atoms with van der Waals surface area (Å²) in [6.45, 7) is -1.67.